The SMILES string of the molecule is CC(C)N(CCC(N)=S)C(=O)c1cccc(Cl)c1Cl. The second-order valence-electron chi connectivity index (χ2n) is 4.41. The highest BCUT2D eigenvalue weighted by Gasteiger charge is 2.21. The topological polar surface area (TPSA) is 46.3 Å². The molecule has 0 atom stereocenters. The zero-order chi connectivity index (χ0) is 14.6. The Kier molecular flexibility index (Phi) is 6.04. The third kappa shape index (κ3) is 4.34. The van der Waals surface area contributed by atoms with Crippen LogP contribution in [0.3, 0.4) is 0 Å². The van der Waals surface area contributed by atoms with Gasteiger partial charge in [0.2, 0.25) is 0 Å². The molecule has 0 bridgehead atoms. The van der Waals surface area contributed by atoms with E-state index in [-0.39, 0.29) is 17.0 Å². The monoisotopic (exact) mass is 318 g/mol. The van der Waals surface area contributed by atoms with Crippen molar-refractivity contribution >= 4 is 46.3 Å². The molecule has 0 unspecified atom stereocenters. The molecule has 0 aliphatic carbocycles. The molecule has 0 spiro atoms. The van der Waals surface area contributed by atoms with Crippen LogP contribution >= 0.6 is 35.4 Å². The summed E-state index contributed by atoms with van der Waals surface area (Å²) in [6, 6.07) is 5.03. The maximum absolute atomic E-state index is 12.5. The first kappa shape index (κ1) is 16.2. The summed E-state index contributed by atoms with van der Waals surface area (Å²) in [5.41, 5.74) is 5.87. The number of rotatable bonds is 5. The van der Waals surface area contributed by atoms with E-state index in [2.05, 4.69) is 0 Å². The average molecular weight is 319 g/mol. The fourth-order valence-electron chi connectivity index (χ4n) is 1.65. The lowest BCUT2D eigenvalue weighted by Gasteiger charge is -2.27. The van der Waals surface area contributed by atoms with Gasteiger partial charge in [0, 0.05) is 19.0 Å². The van der Waals surface area contributed by atoms with Gasteiger partial charge in [0.1, 0.15) is 0 Å². The molecular formula is C13H16Cl2N2OS. The Labute approximate surface area is 128 Å². The van der Waals surface area contributed by atoms with Crippen molar-refractivity contribution < 1.29 is 4.79 Å². The van der Waals surface area contributed by atoms with Gasteiger partial charge in [-0.3, -0.25) is 4.79 Å². The van der Waals surface area contributed by atoms with E-state index < -0.39 is 0 Å². The molecule has 0 heterocycles. The van der Waals surface area contributed by atoms with Crippen LogP contribution in [0, 0.1) is 0 Å². The van der Waals surface area contributed by atoms with Gasteiger partial charge in [0.25, 0.3) is 5.91 Å². The van der Waals surface area contributed by atoms with Crippen molar-refractivity contribution in [2.45, 2.75) is 26.3 Å². The van der Waals surface area contributed by atoms with Gasteiger partial charge in [0.15, 0.2) is 0 Å². The standard InChI is InChI=1S/C13H16Cl2N2OS/c1-8(2)17(7-6-11(16)19)13(18)9-4-3-5-10(14)12(9)15/h3-5,8H,6-7H2,1-2H3,(H2,16,19). The normalized spacial score (nSPS) is 10.6. The number of hydrogen-bond acceptors (Lipinski definition) is 2. The van der Waals surface area contributed by atoms with Crippen LogP contribution in [0.2, 0.25) is 10.0 Å². The van der Waals surface area contributed by atoms with Crippen LogP contribution in [-0.2, 0) is 0 Å². The molecule has 0 saturated carbocycles. The minimum atomic E-state index is -0.168. The second kappa shape index (κ2) is 7.08. The van der Waals surface area contributed by atoms with E-state index in [0.29, 0.717) is 28.5 Å². The summed E-state index contributed by atoms with van der Waals surface area (Å²) in [5.74, 6) is -0.168. The molecule has 1 amide bonds. The molecule has 2 N–H and O–H groups in total. The van der Waals surface area contributed by atoms with E-state index in [1.165, 1.54) is 0 Å². The first-order valence-electron chi connectivity index (χ1n) is 5.88. The number of amides is 1. The molecule has 6 heteroatoms. The fraction of sp³-hybridized carbons (Fsp3) is 0.385. The number of carbonyl (C=O) groups is 1. The first-order valence-corrected chi connectivity index (χ1v) is 7.04. The van der Waals surface area contributed by atoms with Crippen molar-refractivity contribution in [2.24, 2.45) is 5.73 Å². The summed E-state index contributed by atoms with van der Waals surface area (Å²) < 4.78 is 0. The summed E-state index contributed by atoms with van der Waals surface area (Å²) in [5, 5.41) is 0.640. The van der Waals surface area contributed by atoms with E-state index in [9.17, 15) is 4.79 Å². The van der Waals surface area contributed by atoms with Crippen molar-refractivity contribution in [1.82, 2.24) is 4.90 Å². The van der Waals surface area contributed by atoms with Gasteiger partial charge in [-0.05, 0) is 26.0 Å². The van der Waals surface area contributed by atoms with Crippen LogP contribution in [0.25, 0.3) is 0 Å². The Morgan fingerprint density at radius 1 is 1.42 bits per heavy atom. The predicted molar refractivity (Wildman–Crippen MR) is 84.0 cm³/mol. The lowest BCUT2D eigenvalue weighted by Crippen LogP contribution is -2.39. The van der Waals surface area contributed by atoms with Crippen LogP contribution in [-0.4, -0.2) is 28.4 Å². The molecule has 0 radical (unpaired) electrons. The van der Waals surface area contributed by atoms with E-state index in [0.717, 1.165) is 0 Å². The summed E-state index contributed by atoms with van der Waals surface area (Å²) in [6.45, 7) is 4.32. The van der Waals surface area contributed by atoms with E-state index >= 15 is 0 Å². The quantitative estimate of drug-likeness (QED) is 0.845. The highest BCUT2D eigenvalue weighted by molar-refractivity contribution is 7.80. The molecule has 1 aromatic carbocycles. The number of carbonyl (C=O) groups excluding carboxylic acids is 1. The fourth-order valence-corrected chi connectivity index (χ4v) is 2.12. The number of halogens is 2. The third-order valence-corrected chi connectivity index (χ3v) is 3.69. The van der Waals surface area contributed by atoms with Crippen molar-refractivity contribution in [3.05, 3.63) is 33.8 Å². The lowest BCUT2D eigenvalue weighted by molar-refractivity contribution is 0.0712. The number of thiocarbonyl (C=S) groups is 1. The van der Waals surface area contributed by atoms with Crippen molar-refractivity contribution in [3.8, 4) is 0 Å². The molecule has 0 saturated heterocycles. The predicted octanol–water partition coefficient (Wildman–Crippen LogP) is 3.52. The molecule has 3 nitrogen and oxygen atoms in total. The second-order valence-corrected chi connectivity index (χ2v) is 5.72. The Morgan fingerprint density at radius 2 is 2.05 bits per heavy atom. The minimum absolute atomic E-state index is 0.0249. The Bertz CT molecular complexity index is 492. The van der Waals surface area contributed by atoms with Gasteiger partial charge in [-0.1, -0.05) is 41.5 Å². The number of benzene rings is 1. The largest absolute Gasteiger partial charge is 0.393 e. The number of nitrogens with zero attached hydrogens (tertiary/aromatic N) is 1. The number of nitrogens with two attached hydrogens (primary N) is 1. The van der Waals surface area contributed by atoms with Crippen molar-refractivity contribution in [3.63, 3.8) is 0 Å². The van der Waals surface area contributed by atoms with E-state index in [1.807, 2.05) is 13.8 Å². The Morgan fingerprint density at radius 3 is 2.58 bits per heavy atom. The molecule has 0 aliphatic rings. The molecule has 19 heavy (non-hydrogen) atoms. The summed E-state index contributed by atoms with van der Waals surface area (Å²) in [6.07, 6.45) is 0.484. The van der Waals surface area contributed by atoms with Gasteiger partial charge in [-0.15, -0.1) is 0 Å². The molecule has 0 aliphatic heterocycles. The van der Waals surface area contributed by atoms with Crippen LogP contribution in [0.1, 0.15) is 30.6 Å². The molecular weight excluding hydrogens is 303 g/mol. The van der Waals surface area contributed by atoms with Gasteiger partial charge >= 0.3 is 0 Å². The van der Waals surface area contributed by atoms with E-state index in [1.54, 1.807) is 23.1 Å². The van der Waals surface area contributed by atoms with Crippen LogP contribution in [0.15, 0.2) is 18.2 Å². The molecule has 1 aromatic rings. The first-order chi connectivity index (χ1) is 8.84. The summed E-state index contributed by atoms with van der Waals surface area (Å²) >= 11 is 16.8. The molecule has 1 rings (SSSR count). The van der Waals surface area contributed by atoms with Gasteiger partial charge < -0.3 is 10.6 Å². The number of hydrogen-bond donors (Lipinski definition) is 1. The highest BCUT2D eigenvalue weighted by Crippen LogP contribution is 2.27. The van der Waals surface area contributed by atoms with E-state index in [4.69, 9.17) is 41.2 Å². The lowest BCUT2D eigenvalue weighted by atomic mass is 10.1. The zero-order valence-corrected chi connectivity index (χ0v) is 13.1. The van der Waals surface area contributed by atoms with Gasteiger partial charge in [-0.2, -0.15) is 0 Å². The summed E-state index contributed by atoms with van der Waals surface area (Å²) in [7, 11) is 0. The van der Waals surface area contributed by atoms with Crippen LogP contribution < -0.4 is 5.73 Å². The van der Waals surface area contributed by atoms with Crippen molar-refractivity contribution in [2.75, 3.05) is 6.54 Å². The highest BCUT2D eigenvalue weighted by atomic mass is 35.5. The molecule has 0 aromatic heterocycles. The Hall–Kier alpha value is -0.840. The minimum Gasteiger partial charge on any atom is -0.393 e. The average Bonchev–Trinajstić information content (AvgIpc) is 2.31. The maximum atomic E-state index is 12.5. The van der Waals surface area contributed by atoms with Gasteiger partial charge in [0.05, 0.1) is 20.6 Å². The smallest absolute Gasteiger partial charge is 0.255 e. The Balaban J connectivity index is 2.99. The zero-order valence-electron chi connectivity index (χ0n) is 10.8. The third-order valence-electron chi connectivity index (χ3n) is 2.67. The summed E-state index contributed by atoms with van der Waals surface area (Å²) in [4.78, 5) is 14.5. The molecule has 104 valence electrons. The molecule has 0 fully saturated rings. The maximum Gasteiger partial charge on any atom is 0.255 e. The van der Waals surface area contributed by atoms with Crippen LogP contribution in [0.4, 0.5) is 0 Å². The van der Waals surface area contributed by atoms with Gasteiger partial charge in [-0.25, -0.2) is 0 Å². The van der Waals surface area contributed by atoms with Crippen LogP contribution in [0.5, 0.6) is 0 Å². The van der Waals surface area contributed by atoms with Crippen molar-refractivity contribution in [1.29, 1.82) is 0 Å².